The molecule has 0 aliphatic carbocycles. The van der Waals surface area contributed by atoms with E-state index in [1.54, 1.807) is 7.11 Å². The smallest absolute Gasteiger partial charge is 0.305 e. The van der Waals surface area contributed by atoms with Gasteiger partial charge in [0.25, 0.3) is 0 Å². The number of benzene rings is 2. The number of hydrogen-bond acceptors (Lipinski definition) is 7. The number of carbonyl (C=O) groups is 1. The van der Waals surface area contributed by atoms with Crippen LogP contribution in [0.2, 0.25) is 0 Å². The molecule has 4 rings (SSSR count). The summed E-state index contributed by atoms with van der Waals surface area (Å²) >= 11 is 0. The summed E-state index contributed by atoms with van der Waals surface area (Å²) < 4.78 is 10.7. The van der Waals surface area contributed by atoms with Crippen molar-refractivity contribution in [3.8, 4) is 17.1 Å². The molecule has 1 aliphatic rings. The Bertz CT molecular complexity index is 1070. The van der Waals surface area contributed by atoms with Gasteiger partial charge in [0.2, 0.25) is 0 Å². The minimum absolute atomic E-state index is 0.0494. The Labute approximate surface area is 193 Å². The van der Waals surface area contributed by atoms with E-state index in [1.807, 2.05) is 48.5 Å². The number of aromatic nitrogens is 2. The van der Waals surface area contributed by atoms with Gasteiger partial charge in [0, 0.05) is 43.7 Å². The van der Waals surface area contributed by atoms with Gasteiger partial charge in [-0.25, -0.2) is 9.97 Å². The number of carboxylic acids is 1. The number of rotatable bonds is 10. The topological polar surface area (TPSA) is 88.0 Å². The van der Waals surface area contributed by atoms with Crippen LogP contribution in [0.15, 0.2) is 48.5 Å². The Hall–Kier alpha value is -3.23. The van der Waals surface area contributed by atoms with Crippen LogP contribution in [0.4, 0.5) is 5.82 Å². The maximum Gasteiger partial charge on any atom is 0.305 e. The molecule has 8 heteroatoms. The molecule has 0 radical (unpaired) electrons. The number of nitrogens with zero attached hydrogens (tertiary/aromatic N) is 4. The van der Waals surface area contributed by atoms with Crippen molar-refractivity contribution in [2.24, 2.45) is 0 Å². The number of aliphatic carboxylic acids is 1. The Balaban J connectivity index is 1.64. The van der Waals surface area contributed by atoms with Gasteiger partial charge in [-0.1, -0.05) is 12.1 Å². The zero-order chi connectivity index (χ0) is 23.0. The lowest BCUT2D eigenvalue weighted by molar-refractivity contribution is -0.136. The fraction of sp³-hybridized carbons (Fsp3) is 0.400. The third-order valence-corrected chi connectivity index (χ3v) is 5.83. The molecule has 2 aromatic carbocycles. The predicted octanol–water partition coefficient (Wildman–Crippen LogP) is 3.31. The highest BCUT2D eigenvalue weighted by Crippen LogP contribution is 2.29. The first-order chi connectivity index (χ1) is 16.1. The molecule has 0 unspecified atom stereocenters. The van der Waals surface area contributed by atoms with Crippen molar-refractivity contribution in [3.63, 3.8) is 0 Å². The van der Waals surface area contributed by atoms with Gasteiger partial charge in [-0.05, 0) is 42.8 Å². The van der Waals surface area contributed by atoms with Crippen molar-refractivity contribution in [3.05, 3.63) is 48.5 Å². The van der Waals surface area contributed by atoms with Gasteiger partial charge in [0.15, 0.2) is 5.82 Å². The van der Waals surface area contributed by atoms with Gasteiger partial charge in [-0.2, -0.15) is 0 Å². The molecule has 1 fully saturated rings. The first-order valence-corrected chi connectivity index (χ1v) is 11.3. The Morgan fingerprint density at radius 2 is 1.85 bits per heavy atom. The highest BCUT2D eigenvalue weighted by atomic mass is 16.5. The van der Waals surface area contributed by atoms with Gasteiger partial charge < -0.3 is 19.5 Å². The van der Waals surface area contributed by atoms with E-state index >= 15 is 0 Å². The lowest BCUT2D eigenvalue weighted by atomic mass is 10.1. The molecule has 1 N–H and O–H groups in total. The number of morpholine rings is 1. The van der Waals surface area contributed by atoms with Crippen molar-refractivity contribution in [1.29, 1.82) is 0 Å². The van der Waals surface area contributed by atoms with Gasteiger partial charge in [-0.3, -0.25) is 9.69 Å². The maximum atomic E-state index is 11.4. The van der Waals surface area contributed by atoms with Gasteiger partial charge in [0.1, 0.15) is 11.6 Å². The van der Waals surface area contributed by atoms with Crippen molar-refractivity contribution < 1.29 is 19.4 Å². The molecule has 0 saturated carbocycles. The highest BCUT2D eigenvalue weighted by molar-refractivity contribution is 5.91. The molecule has 2 heterocycles. The number of anilines is 1. The minimum atomic E-state index is -0.818. The van der Waals surface area contributed by atoms with Crippen LogP contribution in [-0.2, 0) is 9.53 Å². The molecule has 0 bridgehead atoms. The van der Waals surface area contributed by atoms with E-state index in [-0.39, 0.29) is 6.42 Å². The molecule has 0 atom stereocenters. The zero-order valence-corrected chi connectivity index (χ0v) is 18.9. The molecule has 8 nitrogen and oxygen atoms in total. The second-order valence-electron chi connectivity index (χ2n) is 8.05. The summed E-state index contributed by atoms with van der Waals surface area (Å²) in [6.07, 6.45) is 0.962. The Kier molecular flexibility index (Phi) is 7.70. The first kappa shape index (κ1) is 22.9. The standard InChI is InChI=1S/C25H30N4O4/c1-32-20-9-7-19(8-10-20)24-26-22-6-3-2-5-21(22)25(27-24)29(14-11-23(30)31)13-4-12-28-15-17-33-18-16-28/h2-3,5-10H,4,11-18H2,1H3,(H,30,31). The van der Waals surface area contributed by atoms with Crippen molar-refractivity contribution in [2.45, 2.75) is 12.8 Å². The molecular formula is C25H30N4O4. The quantitative estimate of drug-likeness (QED) is 0.503. The second kappa shape index (κ2) is 11.1. The van der Waals surface area contributed by atoms with Crippen molar-refractivity contribution >= 4 is 22.7 Å². The van der Waals surface area contributed by atoms with E-state index in [9.17, 15) is 9.90 Å². The van der Waals surface area contributed by atoms with Crippen LogP contribution in [0.5, 0.6) is 5.75 Å². The fourth-order valence-corrected chi connectivity index (χ4v) is 4.03. The summed E-state index contributed by atoms with van der Waals surface area (Å²) in [5, 5.41) is 10.3. The van der Waals surface area contributed by atoms with Crippen LogP contribution in [0.25, 0.3) is 22.3 Å². The second-order valence-corrected chi connectivity index (χ2v) is 8.05. The van der Waals surface area contributed by atoms with E-state index in [0.717, 1.165) is 67.3 Å². The number of ether oxygens (including phenoxy) is 2. The van der Waals surface area contributed by atoms with Gasteiger partial charge >= 0.3 is 5.97 Å². The average Bonchev–Trinajstić information content (AvgIpc) is 2.86. The summed E-state index contributed by atoms with van der Waals surface area (Å²) in [5.74, 6) is 1.34. The summed E-state index contributed by atoms with van der Waals surface area (Å²) in [7, 11) is 1.64. The lowest BCUT2D eigenvalue weighted by Gasteiger charge is -2.29. The summed E-state index contributed by atoms with van der Waals surface area (Å²) in [5.41, 5.74) is 1.72. The van der Waals surface area contributed by atoms with Gasteiger partial charge in [0.05, 0.1) is 32.3 Å². The normalized spacial score (nSPS) is 14.3. The third kappa shape index (κ3) is 5.97. The van der Waals surface area contributed by atoms with Crippen molar-refractivity contribution in [2.75, 3.05) is 57.9 Å². The minimum Gasteiger partial charge on any atom is -0.497 e. The summed E-state index contributed by atoms with van der Waals surface area (Å²) in [6, 6.07) is 15.5. The average molecular weight is 451 g/mol. The maximum absolute atomic E-state index is 11.4. The summed E-state index contributed by atoms with van der Waals surface area (Å²) in [4.78, 5) is 25.5. The number of fused-ring (bicyclic) bond motifs is 1. The molecule has 3 aromatic rings. The van der Waals surface area contributed by atoms with Crippen LogP contribution in [-0.4, -0.2) is 79.0 Å². The molecule has 174 valence electrons. The number of carboxylic acid groups (broad SMARTS) is 1. The fourth-order valence-electron chi connectivity index (χ4n) is 4.03. The Morgan fingerprint density at radius 3 is 2.58 bits per heavy atom. The van der Waals surface area contributed by atoms with Gasteiger partial charge in [-0.15, -0.1) is 0 Å². The molecule has 0 amide bonds. The zero-order valence-electron chi connectivity index (χ0n) is 18.9. The van der Waals surface area contributed by atoms with Crippen LogP contribution >= 0.6 is 0 Å². The molecule has 1 saturated heterocycles. The molecule has 0 spiro atoms. The van der Waals surface area contributed by atoms with Crippen LogP contribution in [0.3, 0.4) is 0 Å². The predicted molar refractivity (Wildman–Crippen MR) is 128 cm³/mol. The lowest BCUT2D eigenvalue weighted by Crippen LogP contribution is -2.38. The molecular weight excluding hydrogens is 420 g/mol. The monoisotopic (exact) mass is 450 g/mol. The molecule has 33 heavy (non-hydrogen) atoms. The number of hydrogen-bond donors (Lipinski definition) is 1. The van der Waals surface area contributed by atoms with Crippen molar-refractivity contribution in [1.82, 2.24) is 14.9 Å². The molecule has 1 aliphatic heterocycles. The summed E-state index contributed by atoms with van der Waals surface area (Å²) in [6.45, 7) is 5.46. The van der Waals surface area contributed by atoms with Crippen LogP contribution < -0.4 is 9.64 Å². The SMILES string of the molecule is COc1ccc(-c2nc(N(CCCN3CCOCC3)CCC(=O)O)c3ccccc3n2)cc1. The number of methoxy groups -OCH3 is 1. The number of para-hydroxylation sites is 1. The van der Waals surface area contributed by atoms with E-state index in [4.69, 9.17) is 19.4 Å². The van der Waals surface area contributed by atoms with E-state index in [1.165, 1.54) is 0 Å². The van der Waals surface area contributed by atoms with E-state index in [2.05, 4.69) is 9.80 Å². The highest BCUT2D eigenvalue weighted by Gasteiger charge is 2.18. The first-order valence-electron chi connectivity index (χ1n) is 11.3. The Morgan fingerprint density at radius 1 is 1.09 bits per heavy atom. The molecule has 1 aromatic heterocycles. The van der Waals surface area contributed by atoms with Crippen LogP contribution in [0.1, 0.15) is 12.8 Å². The largest absolute Gasteiger partial charge is 0.497 e. The van der Waals surface area contributed by atoms with Crippen LogP contribution in [0, 0.1) is 0 Å². The van der Waals surface area contributed by atoms with E-state index < -0.39 is 5.97 Å². The third-order valence-electron chi connectivity index (χ3n) is 5.83. The van der Waals surface area contributed by atoms with E-state index in [0.29, 0.717) is 18.9 Å².